The maximum Gasteiger partial charge on any atom is 0.260 e. The van der Waals surface area contributed by atoms with Gasteiger partial charge in [0.05, 0.1) is 23.4 Å². The number of halogens is 1. The van der Waals surface area contributed by atoms with E-state index in [2.05, 4.69) is 9.97 Å². The van der Waals surface area contributed by atoms with Crippen LogP contribution in [0.4, 0.5) is 0 Å². The first-order valence-corrected chi connectivity index (χ1v) is 11.2. The van der Waals surface area contributed by atoms with E-state index in [-0.39, 0.29) is 17.1 Å². The van der Waals surface area contributed by atoms with E-state index in [1.54, 1.807) is 6.07 Å². The van der Waals surface area contributed by atoms with Gasteiger partial charge in [-0.05, 0) is 6.07 Å². The van der Waals surface area contributed by atoms with Crippen molar-refractivity contribution in [3.05, 3.63) is 50.8 Å². The van der Waals surface area contributed by atoms with Crippen LogP contribution < -0.4 is 5.56 Å². The number of thiophene rings is 1. The van der Waals surface area contributed by atoms with Gasteiger partial charge in [0, 0.05) is 34.6 Å². The van der Waals surface area contributed by atoms with Gasteiger partial charge < -0.3 is 4.98 Å². The molecule has 9 heteroatoms. The fourth-order valence-electron chi connectivity index (χ4n) is 3.07. The normalized spacial score (nSPS) is 17.6. The van der Waals surface area contributed by atoms with E-state index in [0.717, 1.165) is 11.1 Å². The molecule has 2 aromatic heterocycles. The number of sulfone groups is 1. The van der Waals surface area contributed by atoms with Crippen molar-refractivity contribution in [1.82, 2.24) is 14.9 Å². The van der Waals surface area contributed by atoms with Crippen LogP contribution >= 0.6 is 22.9 Å². The quantitative estimate of drug-likeness (QED) is 0.718. The maximum atomic E-state index is 12.7. The monoisotopic (exact) mass is 409 g/mol. The van der Waals surface area contributed by atoms with Crippen molar-refractivity contribution in [1.29, 1.82) is 0 Å². The molecule has 1 aromatic carbocycles. The van der Waals surface area contributed by atoms with Crippen LogP contribution in [0.2, 0.25) is 5.02 Å². The van der Waals surface area contributed by atoms with Gasteiger partial charge in [0.2, 0.25) is 0 Å². The number of aromatic nitrogens is 2. The maximum absolute atomic E-state index is 12.7. The minimum atomic E-state index is -2.93. The third-order valence-electron chi connectivity index (χ3n) is 4.47. The molecule has 1 aliphatic heterocycles. The van der Waals surface area contributed by atoms with Crippen LogP contribution in [0, 0.1) is 0 Å². The van der Waals surface area contributed by atoms with Gasteiger partial charge in [-0.15, -0.1) is 11.3 Å². The lowest BCUT2D eigenvalue weighted by molar-refractivity contribution is 0.280. The van der Waals surface area contributed by atoms with Crippen LogP contribution in [0.5, 0.6) is 0 Å². The molecular weight excluding hydrogens is 394 g/mol. The molecule has 1 saturated heterocycles. The van der Waals surface area contributed by atoms with Gasteiger partial charge in [-0.25, -0.2) is 13.4 Å². The molecule has 0 atom stereocenters. The summed E-state index contributed by atoms with van der Waals surface area (Å²) in [7, 11) is -2.93. The molecule has 1 aliphatic rings. The number of H-pyrrole nitrogens is 1. The molecule has 0 amide bonds. The Bertz CT molecular complexity index is 1120. The highest BCUT2D eigenvalue weighted by Gasteiger charge is 2.22. The van der Waals surface area contributed by atoms with Crippen molar-refractivity contribution in [3.63, 3.8) is 0 Å². The number of fused-ring (bicyclic) bond motifs is 1. The zero-order chi connectivity index (χ0) is 18.3. The van der Waals surface area contributed by atoms with Crippen LogP contribution in [0.1, 0.15) is 5.82 Å². The highest BCUT2D eigenvalue weighted by atomic mass is 35.5. The second kappa shape index (κ2) is 6.77. The van der Waals surface area contributed by atoms with Gasteiger partial charge in [0.25, 0.3) is 5.56 Å². The number of hydrogen-bond donors (Lipinski definition) is 1. The third kappa shape index (κ3) is 3.42. The fourth-order valence-corrected chi connectivity index (χ4v) is 5.54. The lowest BCUT2D eigenvalue weighted by atomic mass is 10.1. The summed E-state index contributed by atoms with van der Waals surface area (Å²) < 4.78 is 23.1. The summed E-state index contributed by atoms with van der Waals surface area (Å²) in [6, 6.07) is 7.40. The first-order valence-electron chi connectivity index (χ1n) is 8.11. The second-order valence-electron chi connectivity index (χ2n) is 6.25. The summed E-state index contributed by atoms with van der Waals surface area (Å²) in [5.74, 6) is 0.846. The first-order chi connectivity index (χ1) is 12.4. The van der Waals surface area contributed by atoms with Gasteiger partial charge in [0.1, 0.15) is 10.7 Å². The molecule has 3 aromatic rings. The van der Waals surface area contributed by atoms with Gasteiger partial charge in [0.15, 0.2) is 9.84 Å². The van der Waals surface area contributed by atoms with E-state index >= 15 is 0 Å². The molecule has 0 saturated carbocycles. The molecular formula is C17H16ClN3O3S2. The Hall–Kier alpha value is -1.74. The molecule has 0 spiro atoms. The zero-order valence-electron chi connectivity index (χ0n) is 13.7. The van der Waals surface area contributed by atoms with Crippen LogP contribution in [-0.4, -0.2) is 47.9 Å². The van der Waals surface area contributed by atoms with Crippen molar-refractivity contribution in [2.45, 2.75) is 6.54 Å². The Balaban J connectivity index is 1.67. The van der Waals surface area contributed by atoms with E-state index in [1.165, 1.54) is 11.3 Å². The van der Waals surface area contributed by atoms with Gasteiger partial charge >= 0.3 is 0 Å². The Morgan fingerprint density at radius 1 is 1.19 bits per heavy atom. The van der Waals surface area contributed by atoms with Crippen molar-refractivity contribution in [2.24, 2.45) is 0 Å². The molecule has 0 bridgehead atoms. The smallest absolute Gasteiger partial charge is 0.260 e. The number of nitrogens with one attached hydrogen (secondary N) is 1. The Morgan fingerprint density at radius 3 is 2.65 bits per heavy atom. The molecule has 0 aliphatic carbocycles. The standard InChI is InChI=1S/C17H16ClN3O3S2/c18-13-4-2-1-3-11(13)12-10-25-17-15(12)16(22)19-14(20-17)9-21-5-7-26(23,24)8-6-21/h1-4,10H,5-9H2,(H,19,20,22). The molecule has 3 heterocycles. The predicted octanol–water partition coefficient (Wildman–Crippen LogP) is 2.54. The van der Waals surface area contributed by atoms with Gasteiger partial charge in [-0.2, -0.15) is 0 Å². The molecule has 136 valence electrons. The third-order valence-corrected chi connectivity index (χ3v) is 7.28. The Kier molecular flexibility index (Phi) is 4.60. The lowest BCUT2D eigenvalue weighted by Crippen LogP contribution is -2.40. The van der Waals surface area contributed by atoms with Crippen LogP contribution in [0.15, 0.2) is 34.4 Å². The van der Waals surface area contributed by atoms with E-state index in [1.807, 2.05) is 28.5 Å². The van der Waals surface area contributed by atoms with Crippen molar-refractivity contribution >= 4 is 43.0 Å². The lowest BCUT2D eigenvalue weighted by Gasteiger charge is -2.25. The van der Waals surface area contributed by atoms with E-state index < -0.39 is 9.84 Å². The van der Waals surface area contributed by atoms with Crippen molar-refractivity contribution in [2.75, 3.05) is 24.6 Å². The summed E-state index contributed by atoms with van der Waals surface area (Å²) in [6.07, 6.45) is 0. The second-order valence-corrected chi connectivity index (χ2v) is 9.82. The summed E-state index contributed by atoms with van der Waals surface area (Å²) >= 11 is 7.67. The Morgan fingerprint density at radius 2 is 1.92 bits per heavy atom. The number of nitrogens with zero attached hydrogens (tertiary/aromatic N) is 2. The number of rotatable bonds is 3. The minimum absolute atomic E-state index is 0.148. The average Bonchev–Trinajstić information content (AvgIpc) is 3.01. The number of hydrogen-bond acceptors (Lipinski definition) is 6. The molecule has 1 N–H and O–H groups in total. The molecule has 0 radical (unpaired) electrons. The van der Waals surface area contributed by atoms with Gasteiger partial charge in [-0.1, -0.05) is 29.8 Å². The first kappa shape index (κ1) is 17.7. The summed E-state index contributed by atoms with van der Waals surface area (Å²) in [6.45, 7) is 1.35. The van der Waals surface area contributed by atoms with Crippen LogP contribution in [0.25, 0.3) is 21.3 Å². The Labute approximate surface area is 159 Å². The average molecular weight is 410 g/mol. The fraction of sp³-hybridized carbons (Fsp3) is 0.294. The minimum Gasteiger partial charge on any atom is -0.309 e. The van der Waals surface area contributed by atoms with Crippen LogP contribution in [-0.2, 0) is 16.4 Å². The highest BCUT2D eigenvalue weighted by Crippen LogP contribution is 2.34. The number of aromatic amines is 1. The van der Waals surface area contributed by atoms with Crippen molar-refractivity contribution < 1.29 is 8.42 Å². The van der Waals surface area contributed by atoms with Crippen LogP contribution in [0.3, 0.4) is 0 Å². The van der Waals surface area contributed by atoms with E-state index in [9.17, 15) is 13.2 Å². The van der Waals surface area contributed by atoms with E-state index in [0.29, 0.717) is 40.7 Å². The molecule has 0 unspecified atom stereocenters. The van der Waals surface area contributed by atoms with E-state index in [4.69, 9.17) is 11.6 Å². The zero-order valence-corrected chi connectivity index (χ0v) is 16.1. The van der Waals surface area contributed by atoms with Crippen molar-refractivity contribution in [3.8, 4) is 11.1 Å². The highest BCUT2D eigenvalue weighted by molar-refractivity contribution is 7.91. The summed E-state index contributed by atoms with van der Waals surface area (Å²) in [5, 5.41) is 3.02. The molecule has 4 rings (SSSR count). The summed E-state index contributed by atoms with van der Waals surface area (Å²) in [4.78, 5) is 22.7. The predicted molar refractivity (Wildman–Crippen MR) is 105 cm³/mol. The van der Waals surface area contributed by atoms with Gasteiger partial charge in [-0.3, -0.25) is 9.69 Å². The molecule has 6 nitrogen and oxygen atoms in total. The molecule has 26 heavy (non-hydrogen) atoms. The molecule has 1 fully saturated rings. The summed E-state index contributed by atoms with van der Waals surface area (Å²) in [5.41, 5.74) is 1.38. The SMILES string of the molecule is O=c1[nH]c(CN2CCS(=O)(=O)CC2)nc2scc(-c3ccccc3Cl)c12. The largest absolute Gasteiger partial charge is 0.309 e. The number of benzene rings is 1. The topological polar surface area (TPSA) is 83.1 Å².